The van der Waals surface area contributed by atoms with Crippen LogP contribution in [0.15, 0.2) is 12.2 Å². The van der Waals surface area contributed by atoms with Gasteiger partial charge in [-0.05, 0) is 12.8 Å². The summed E-state index contributed by atoms with van der Waals surface area (Å²) in [6.07, 6.45) is 1.10. The minimum absolute atomic E-state index is 0.0962. The van der Waals surface area contributed by atoms with Crippen molar-refractivity contribution in [2.75, 3.05) is 0 Å². The zero-order valence-electron chi connectivity index (χ0n) is 5.71. The SMILES string of the molecule is C=C1C[C@@H](C(=O)O)C[C@H]1N. The van der Waals surface area contributed by atoms with Gasteiger partial charge >= 0.3 is 5.97 Å². The van der Waals surface area contributed by atoms with E-state index < -0.39 is 5.97 Å². The van der Waals surface area contributed by atoms with Crippen molar-refractivity contribution >= 4 is 5.97 Å². The Morgan fingerprint density at radius 2 is 2.40 bits per heavy atom. The van der Waals surface area contributed by atoms with Crippen molar-refractivity contribution in [3.05, 3.63) is 12.2 Å². The van der Waals surface area contributed by atoms with E-state index in [0.717, 1.165) is 5.57 Å². The average molecular weight is 141 g/mol. The predicted octanol–water partition coefficient (Wildman–Crippen LogP) is 0.365. The van der Waals surface area contributed by atoms with Crippen molar-refractivity contribution in [1.82, 2.24) is 0 Å². The Morgan fingerprint density at radius 3 is 2.60 bits per heavy atom. The minimum atomic E-state index is -0.755. The lowest BCUT2D eigenvalue weighted by atomic mass is 10.1. The number of aliphatic carboxylic acids is 1. The highest BCUT2D eigenvalue weighted by Gasteiger charge is 2.29. The summed E-state index contributed by atoms with van der Waals surface area (Å²) in [4.78, 5) is 10.4. The van der Waals surface area contributed by atoms with Crippen molar-refractivity contribution in [3.8, 4) is 0 Å². The molecule has 0 aromatic rings. The zero-order valence-corrected chi connectivity index (χ0v) is 5.71. The van der Waals surface area contributed by atoms with Crippen LogP contribution in [0.25, 0.3) is 0 Å². The molecule has 0 bridgehead atoms. The predicted molar refractivity (Wildman–Crippen MR) is 37.5 cm³/mol. The summed E-state index contributed by atoms with van der Waals surface area (Å²) in [6.45, 7) is 3.68. The van der Waals surface area contributed by atoms with Crippen LogP contribution in [0.4, 0.5) is 0 Å². The molecule has 1 aliphatic carbocycles. The molecule has 0 aromatic heterocycles. The van der Waals surface area contributed by atoms with E-state index in [2.05, 4.69) is 6.58 Å². The van der Waals surface area contributed by atoms with Gasteiger partial charge in [0.15, 0.2) is 0 Å². The minimum Gasteiger partial charge on any atom is -0.481 e. The number of hydrogen-bond donors (Lipinski definition) is 2. The van der Waals surface area contributed by atoms with Gasteiger partial charge in [0, 0.05) is 6.04 Å². The fraction of sp³-hybridized carbons (Fsp3) is 0.571. The molecule has 1 saturated carbocycles. The maximum Gasteiger partial charge on any atom is 0.306 e. The van der Waals surface area contributed by atoms with Crippen LogP contribution in [0.1, 0.15) is 12.8 Å². The summed E-state index contributed by atoms with van der Waals surface area (Å²) in [6, 6.07) is -0.0962. The largest absolute Gasteiger partial charge is 0.481 e. The molecule has 0 aromatic carbocycles. The second-order valence-corrected chi connectivity index (χ2v) is 2.74. The normalized spacial score (nSPS) is 32.7. The first kappa shape index (κ1) is 7.28. The summed E-state index contributed by atoms with van der Waals surface area (Å²) in [5.74, 6) is -1.04. The van der Waals surface area contributed by atoms with E-state index in [-0.39, 0.29) is 12.0 Å². The molecule has 3 heteroatoms. The third-order valence-corrected chi connectivity index (χ3v) is 1.92. The number of nitrogens with two attached hydrogens (primary N) is 1. The fourth-order valence-corrected chi connectivity index (χ4v) is 1.21. The van der Waals surface area contributed by atoms with E-state index in [1.807, 2.05) is 0 Å². The van der Waals surface area contributed by atoms with Crippen LogP contribution in [-0.2, 0) is 4.79 Å². The molecule has 10 heavy (non-hydrogen) atoms. The molecule has 1 fully saturated rings. The van der Waals surface area contributed by atoms with E-state index >= 15 is 0 Å². The van der Waals surface area contributed by atoms with Crippen LogP contribution in [0.3, 0.4) is 0 Å². The molecule has 0 amide bonds. The van der Waals surface area contributed by atoms with Crippen LogP contribution in [0.2, 0.25) is 0 Å². The smallest absolute Gasteiger partial charge is 0.306 e. The molecule has 0 aliphatic heterocycles. The maximum atomic E-state index is 10.4. The summed E-state index contributed by atoms with van der Waals surface area (Å²) >= 11 is 0. The summed E-state index contributed by atoms with van der Waals surface area (Å²) in [7, 11) is 0. The van der Waals surface area contributed by atoms with Crippen LogP contribution < -0.4 is 5.73 Å². The lowest BCUT2D eigenvalue weighted by Gasteiger charge is -1.99. The molecule has 1 rings (SSSR count). The molecule has 3 nitrogen and oxygen atoms in total. The van der Waals surface area contributed by atoms with Gasteiger partial charge in [0.1, 0.15) is 0 Å². The number of carboxylic acid groups (broad SMARTS) is 1. The van der Waals surface area contributed by atoms with E-state index in [1.54, 1.807) is 0 Å². The molecule has 2 atom stereocenters. The van der Waals surface area contributed by atoms with Gasteiger partial charge in [-0.3, -0.25) is 4.79 Å². The van der Waals surface area contributed by atoms with Gasteiger partial charge in [0.05, 0.1) is 5.92 Å². The molecule has 0 radical (unpaired) electrons. The first-order valence-electron chi connectivity index (χ1n) is 3.27. The van der Waals surface area contributed by atoms with Gasteiger partial charge in [0.2, 0.25) is 0 Å². The highest BCUT2D eigenvalue weighted by molar-refractivity contribution is 5.71. The Balaban J connectivity index is 2.57. The third kappa shape index (κ3) is 1.19. The Labute approximate surface area is 59.5 Å². The Morgan fingerprint density at radius 1 is 1.80 bits per heavy atom. The van der Waals surface area contributed by atoms with Gasteiger partial charge in [-0.25, -0.2) is 0 Å². The maximum absolute atomic E-state index is 10.4. The van der Waals surface area contributed by atoms with Crippen molar-refractivity contribution in [3.63, 3.8) is 0 Å². The van der Waals surface area contributed by atoms with Crippen LogP contribution in [-0.4, -0.2) is 17.1 Å². The van der Waals surface area contributed by atoms with E-state index in [1.165, 1.54) is 0 Å². The van der Waals surface area contributed by atoms with Crippen LogP contribution >= 0.6 is 0 Å². The molecular weight excluding hydrogens is 130 g/mol. The van der Waals surface area contributed by atoms with E-state index in [9.17, 15) is 4.79 Å². The van der Waals surface area contributed by atoms with Gasteiger partial charge in [-0.2, -0.15) is 0 Å². The summed E-state index contributed by atoms with van der Waals surface area (Å²) in [5, 5.41) is 8.55. The van der Waals surface area contributed by atoms with E-state index in [4.69, 9.17) is 10.8 Å². The number of rotatable bonds is 1. The second kappa shape index (κ2) is 2.42. The number of carboxylic acids is 1. The van der Waals surface area contributed by atoms with E-state index in [0.29, 0.717) is 12.8 Å². The van der Waals surface area contributed by atoms with Crippen molar-refractivity contribution in [2.45, 2.75) is 18.9 Å². The number of hydrogen-bond acceptors (Lipinski definition) is 2. The monoisotopic (exact) mass is 141 g/mol. The zero-order chi connectivity index (χ0) is 7.72. The number of carbonyl (C=O) groups is 1. The van der Waals surface area contributed by atoms with Crippen molar-refractivity contribution in [2.24, 2.45) is 11.7 Å². The van der Waals surface area contributed by atoms with Crippen molar-refractivity contribution < 1.29 is 9.90 Å². The Kier molecular flexibility index (Phi) is 1.76. The summed E-state index contributed by atoms with van der Waals surface area (Å²) < 4.78 is 0. The molecule has 1 aliphatic rings. The first-order valence-corrected chi connectivity index (χ1v) is 3.27. The molecule has 3 N–H and O–H groups in total. The molecule has 0 unspecified atom stereocenters. The average Bonchev–Trinajstić information content (AvgIpc) is 2.13. The Hall–Kier alpha value is -0.830. The lowest BCUT2D eigenvalue weighted by Crippen LogP contribution is -2.18. The van der Waals surface area contributed by atoms with Gasteiger partial charge in [-0.1, -0.05) is 12.2 Å². The molecular formula is C7H11NO2. The quantitative estimate of drug-likeness (QED) is 0.518. The molecule has 0 saturated heterocycles. The standard InChI is InChI=1S/C7H11NO2/c1-4-2-5(7(9)10)3-6(4)8/h5-6H,1-3,8H2,(H,9,10)/t5-,6-/m1/s1. The van der Waals surface area contributed by atoms with Gasteiger partial charge in [-0.15, -0.1) is 0 Å². The highest BCUT2D eigenvalue weighted by atomic mass is 16.4. The first-order chi connectivity index (χ1) is 4.61. The highest BCUT2D eigenvalue weighted by Crippen LogP contribution is 2.27. The lowest BCUT2D eigenvalue weighted by molar-refractivity contribution is -0.141. The third-order valence-electron chi connectivity index (χ3n) is 1.92. The molecule has 0 spiro atoms. The Bertz CT molecular complexity index is 176. The molecule has 0 heterocycles. The van der Waals surface area contributed by atoms with Crippen molar-refractivity contribution in [1.29, 1.82) is 0 Å². The second-order valence-electron chi connectivity index (χ2n) is 2.74. The van der Waals surface area contributed by atoms with Gasteiger partial charge < -0.3 is 10.8 Å². The molecule has 56 valence electrons. The van der Waals surface area contributed by atoms with Crippen LogP contribution in [0.5, 0.6) is 0 Å². The topological polar surface area (TPSA) is 63.3 Å². The van der Waals surface area contributed by atoms with Crippen LogP contribution in [0, 0.1) is 5.92 Å². The fourth-order valence-electron chi connectivity index (χ4n) is 1.21. The summed E-state index contributed by atoms with van der Waals surface area (Å²) in [5.41, 5.74) is 6.41. The van der Waals surface area contributed by atoms with Gasteiger partial charge in [0.25, 0.3) is 0 Å².